The van der Waals surface area contributed by atoms with Crippen molar-refractivity contribution in [2.24, 2.45) is 0 Å². The molecular weight excluding hydrogens is 212 g/mol. The summed E-state index contributed by atoms with van der Waals surface area (Å²) in [5.41, 5.74) is 1.07. The van der Waals surface area contributed by atoms with Crippen LogP contribution in [0.15, 0.2) is 0 Å². The molecule has 0 bridgehead atoms. The highest BCUT2D eigenvalue weighted by atomic mass is 32.1. The van der Waals surface area contributed by atoms with Crippen LogP contribution in [0.5, 0.6) is 0 Å². The van der Waals surface area contributed by atoms with Crippen LogP contribution in [0.2, 0.25) is 0 Å². The number of aryl methyl sites for hydroxylation is 2. The molecule has 0 aromatic carbocycles. The fourth-order valence-corrected chi connectivity index (χ4v) is 2.33. The van der Waals surface area contributed by atoms with Gasteiger partial charge in [0.1, 0.15) is 5.01 Å². The van der Waals surface area contributed by atoms with Crippen LogP contribution >= 0.6 is 11.3 Å². The zero-order chi connectivity index (χ0) is 11.3. The van der Waals surface area contributed by atoms with Crippen molar-refractivity contribution >= 4 is 11.3 Å². The number of hydrogen-bond acceptors (Lipinski definition) is 5. The van der Waals surface area contributed by atoms with Crippen LogP contribution in [-0.4, -0.2) is 46.4 Å². The minimum Gasteiger partial charge on any atom is -0.395 e. The molecule has 15 heavy (non-hydrogen) atoms. The summed E-state index contributed by atoms with van der Waals surface area (Å²) in [5, 5.41) is 18.8. The van der Waals surface area contributed by atoms with Crippen LogP contribution in [0.4, 0.5) is 0 Å². The Morgan fingerprint density at radius 2 is 1.80 bits per heavy atom. The Bertz CT molecular complexity index is 276. The van der Waals surface area contributed by atoms with Crippen LogP contribution in [0.25, 0.3) is 0 Å². The minimum atomic E-state index is 0.114. The van der Waals surface area contributed by atoms with Crippen LogP contribution in [-0.2, 0) is 6.54 Å². The van der Waals surface area contributed by atoms with Crippen LogP contribution in [0.3, 0.4) is 0 Å². The van der Waals surface area contributed by atoms with Gasteiger partial charge in [-0.2, -0.15) is 0 Å². The van der Waals surface area contributed by atoms with Gasteiger partial charge in [0.25, 0.3) is 0 Å². The average Bonchev–Trinajstić information content (AvgIpc) is 2.47. The largest absolute Gasteiger partial charge is 0.395 e. The van der Waals surface area contributed by atoms with E-state index in [4.69, 9.17) is 10.2 Å². The van der Waals surface area contributed by atoms with Crippen LogP contribution in [0, 0.1) is 13.8 Å². The third-order valence-corrected chi connectivity index (χ3v) is 3.32. The molecular formula is C10H18N2O2S. The van der Waals surface area contributed by atoms with Gasteiger partial charge in [-0.05, 0) is 13.8 Å². The molecule has 1 aromatic rings. The van der Waals surface area contributed by atoms with Crippen molar-refractivity contribution in [1.29, 1.82) is 0 Å². The van der Waals surface area contributed by atoms with Gasteiger partial charge in [-0.1, -0.05) is 0 Å². The summed E-state index contributed by atoms with van der Waals surface area (Å²) in [4.78, 5) is 7.66. The van der Waals surface area contributed by atoms with E-state index in [9.17, 15) is 0 Å². The standard InChI is InChI=1S/C10H18N2O2S/c1-8-9(2)15-10(11-8)7-12(3-5-13)4-6-14/h13-14H,3-7H2,1-2H3. The molecule has 0 unspecified atom stereocenters. The Hall–Kier alpha value is -0.490. The first-order valence-corrected chi connectivity index (χ1v) is 5.86. The Morgan fingerprint density at radius 3 is 2.20 bits per heavy atom. The monoisotopic (exact) mass is 230 g/mol. The average molecular weight is 230 g/mol. The van der Waals surface area contributed by atoms with Crippen molar-refractivity contribution < 1.29 is 10.2 Å². The summed E-state index contributed by atoms with van der Waals surface area (Å²) in [7, 11) is 0. The second-order valence-corrected chi connectivity index (χ2v) is 4.76. The number of aliphatic hydroxyl groups excluding tert-OH is 2. The van der Waals surface area contributed by atoms with Gasteiger partial charge < -0.3 is 10.2 Å². The number of hydrogen-bond donors (Lipinski definition) is 2. The smallest absolute Gasteiger partial charge is 0.107 e. The zero-order valence-electron chi connectivity index (χ0n) is 9.23. The lowest BCUT2D eigenvalue weighted by molar-refractivity contribution is 0.156. The molecule has 0 amide bonds. The molecule has 0 aliphatic carbocycles. The van der Waals surface area contributed by atoms with Gasteiger partial charge in [0.05, 0.1) is 25.5 Å². The molecule has 0 spiro atoms. The molecule has 0 saturated heterocycles. The minimum absolute atomic E-state index is 0.114. The molecule has 1 rings (SSSR count). The lowest BCUT2D eigenvalue weighted by atomic mass is 10.4. The van der Waals surface area contributed by atoms with Crippen molar-refractivity contribution in [3.63, 3.8) is 0 Å². The van der Waals surface area contributed by atoms with E-state index in [1.54, 1.807) is 11.3 Å². The van der Waals surface area contributed by atoms with E-state index in [0.717, 1.165) is 10.7 Å². The van der Waals surface area contributed by atoms with E-state index >= 15 is 0 Å². The predicted molar refractivity (Wildman–Crippen MR) is 61.0 cm³/mol. The molecule has 0 aliphatic rings. The second kappa shape index (κ2) is 6.17. The van der Waals surface area contributed by atoms with E-state index in [0.29, 0.717) is 19.6 Å². The van der Waals surface area contributed by atoms with E-state index < -0.39 is 0 Å². The SMILES string of the molecule is Cc1nc(CN(CCO)CCO)sc1C. The molecule has 0 aliphatic heterocycles. The lowest BCUT2D eigenvalue weighted by Crippen LogP contribution is -2.29. The molecule has 0 saturated carbocycles. The van der Waals surface area contributed by atoms with Gasteiger partial charge >= 0.3 is 0 Å². The van der Waals surface area contributed by atoms with Crippen molar-refractivity contribution in [3.05, 3.63) is 15.6 Å². The van der Waals surface area contributed by atoms with E-state index in [1.165, 1.54) is 4.88 Å². The van der Waals surface area contributed by atoms with Gasteiger partial charge in [0, 0.05) is 18.0 Å². The lowest BCUT2D eigenvalue weighted by Gasteiger charge is -2.18. The fraction of sp³-hybridized carbons (Fsp3) is 0.700. The van der Waals surface area contributed by atoms with E-state index in [-0.39, 0.29) is 13.2 Å². The normalized spacial score (nSPS) is 11.3. The molecule has 4 nitrogen and oxygen atoms in total. The molecule has 0 atom stereocenters. The van der Waals surface area contributed by atoms with Crippen molar-refractivity contribution in [1.82, 2.24) is 9.88 Å². The van der Waals surface area contributed by atoms with Gasteiger partial charge in [-0.15, -0.1) is 11.3 Å². The molecule has 5 heteroatoms. The summed E-state index contributed by atoms with van der Waals surface area (Å²) in [6.07, 6.45) is 0. The number of aliphatic hydroxyl groups is 2. The summed E-state index contributed by atoms with van der Waals surface area (Å²) in [6.45, 7) is 6.15. The van der Waals surface area contributed by atoms with Crippen molar-refractivity contribution in [3.8, 4) is 0 Å². The van der Waals surface area contributed by atoms with Crippen LogP contribution in [0.1, 0.15) is 15.6 Å². The summed E-state index contributed by atoms with van der Waals surface area (Å²) >= 11 is 1.68. The van der Waals surface area contributed by atoms with Gasteiger partial charge in [0.2, 0.25) is 0 Å². The molecule has 86 valence electrons. The quantitative estimate of drug-likeness (QED) is 0.749. The zero-order valence-corrected chi connectivity index (χ0v) is 10.0. The number of thiazole rings is 1. The van der Waals surface area contributed by atoms with Crippen LogP contribution < -0.4 is 0 Å². The molecule has 2 N–H and O–H groups in total. The maximum Gasteiger partial charge on any atom is 0.107 e. The number of aromatic nitrogens is 1. The topological polar surface area (TPSA) is 56.6 Å². The Kier molecular flexibility index (Phi) is 5.17. The highest BCUT2D eigenvalue weighted by molar-refractivity contribution is 7.11. The first kappa shape index (κ1) is 12.6. The number of rotatable bonds is 6. The first-order chi connectivity index (χ1) is 7.17. The highest BCUT2D eigenvalue weighted by Crippen LogP contribution is 2.17. The van der Waals surface area contributed by atoms with Gasteiger partial charge in [-0.25, -0.2) is 4.98 Å². The maximum absolute atomic E-state index is 8.86. The molecule has 0 fully saturated rings. The molecule has 0 radical (unpaired) electrons. The summed E-state index contributed by atoms with van der Waals surface area (Å²) in [5.74, 6) is 0. The maximum atomic E-state index is 8.86. The molecule has 1 heterocycles. The third kappa shape index (κ3) is 3.87. The third-order valence-electron chi connectivity index (χ3n) is 2.26. The number of nitrogens with zero attached hydrogens (tertiary/aromatic N) is 2. The Morgan fingerprint density at radius 1 is 1.20 bits per heavy atom. The summed E-state index contributed by atoms with van der Waals surface area (Å²) in [6, 6.07) is 0. The second-order valence-electron chi connectivity index (χ2n) is 3.47. The Labute approximate surface area is 94.2 Å². The van der Waals surface area contributed by atoms with Gasteiger partial charge in [0.15, 0.2) is 0 Å². The predicted octanol–water partition coefficient (Wildman–Crippen LogP) is 0.547. The first-order valence-electron chi connectivity index (χ1n) is 5.04. The van der Waals surface area contributed by atoms with Crippen molar-refractivity contribution in [2.75, 3.05) is 26.3 Å². The van der Waals surface area contributed by atoms with E-state index in [2.05, 4.69) is 11.9 Å². The summed E-state index contributed by atoms with van der Waals surface area (Å²) < 4.78 is 0. The Balaban J connectivity index is 2.56. The molecule has 1 aromatic heterocycles. The van der Waals surface area contributed by atoms with Gasteiger partial charge in [-0.3, -0.25) is 4.90 Å². The van der Waals surface area contributed by atoms with E-state index in [1.807, 2.05) is 11.8 Å². The highest BCUT2D eigenvalue weighted by Gasteiger charge is 2.09. The fourth-order valence-electron chi connectivity index (χ4n) is 1.35. The van der Waals surface area contributed by atoms with Crippen molar-refractivity contribution in [2.45, 2.75) is 20.4 Å².